The Hall–Kier alpha value is -0.120. The molecule has 1 aliphatic carbocycles. The number of likely N-dealkylation sites (N-methyl/N-ethyl adjacent to an activating group) is 2. The Kier molecular flexibility index (Phi) is 7.33. The lowest BCUT2D eigenvalue weighted by Crippen LogP contribution is -2.56. The molecule has 0 heterocycles. The summed E-state index contributed by atoms with van der Waals surface area (Å²) in [6.07, 6.45) is 2.99. The van der Waals surface area contributed by atoms with Crippen LogP contribution in [0.5, 0.6) is 0 Å². The fourth-order valence-corrected chi connectivity index (χ4v) is 3.63. The van der Waals surface area contributed by atoms with Crippen LogP contribution in [0.2, 0.25) is 0 Å². The Bertz CT molecular complexity index is 245. The maximum atomic E-state index is 5.69. The number of rotatable bonds is 7. The average molecular weight is 270 g/mol. The molecule has 0 bridgehead atoms. The Balaban J connectivity index is 2.54. The van der Waals surface area contributed by atoms with E-state index in [1.807, 2.05) is 0 Å². The Morgan fingerprint density at radius 3 is 2.53 bits per heavy atom. The van der Waals surface area contributed by atoms with E-state index in [0.717, 1.165) is 31.5 Å². The fourth-order valence-electron chi connectivity index (χ4n) is 3.63. The Morgan fingerprint density at radius 1 is 1.26 bits per heavy atom. The summed E-state index contributed by atoms with van der Waals surface area (Å²) in [5.41, 5.74) is 0. The van der Waals surface area contributed by atoms with Gasteiger partial charge in [-0.1, -0.05) is 20.8 Å². The first-order valence-corrected chi connectivity index (χ1v) is 8.00. The van der Waals surface area contributed by atoms with Crippen LogP contribution in [0, 0.1) is 11.8 Å². The molecular weight excluding hydrogens is 236 g/mol. The molecule has 1 saturated carbocycles. The van der Waals surface area contributed by atoms with Crippen LogP contribution < -0.4 is 5.32 Å². The minimum Gasteiger partial charge on any atom is -0.377 e. The van der Waals surface area contributed by atoms with E-state index in [4.69, 9.17) is 4.74 Å². The summed E-state index contributed by atoms with van der Waals surface area (Å²) in [6, 6.07) is 1.28. The minimum absolute atomic E-state index is 0.335. The SMILES string of the molecule is CCNC1CC(C)CC(C)C1N(C)CCOC(C)C. The quantitative estimate of drug-likeness (QED) is 0.770. The molecular formula is C16H34N2O. The summed E-state index contributed by atoms with van der Waals surface area (Å²) in [6.45, 7) is 14.1. The average Bonchev–Trinajstić information content (AvgIpc) is 2.27. The Labute approximate surface area is 120 Å². The van der Waals surface area contributed by atoms with Gasteiger partial charge in [-0.05, 0) is 52.1 Å². The van der Waals surface area contributed by atoms with Gasteiger partial charge in [0.2, 0.25) is 0 Å². The zero-order valence-electron chi connectivity index (χ0n) is 13.8. The summed E-state index contributed by atoms with van der Waals surface area (Å²) in [5.74, 6) is 1.60. The van der Waals surface area contributed by atoms with Gasteiger partial charge in [-0.2, -0.15) is 0 Å². The molecule has 1 aliphatic rings. The lowest BCUT2D eigenvalue weighted by Gasteiger charge is -2.44. The van der Waals surface area contributed by atoms with Crippen molar-refractivity contribution in [2.45, 2.75) is 65.6 Å². The molecule has 0 aromatic carbocycles. The second-order valence-corrected chi connectivity index (χ2v) is 6.61. The third-order valence-corrected chi connectivity index (χ3v) is 4.30. The zero-order valence-corrected chi connectivity index (χ0v) is 13.8. The van der Waals surface area contributed by atoms with Crippen molar-refractivity contribution in [2.24, 2.45) is 11.8 Å². The van der Waals surface area contributed by atoms with Crippen LogP contribution in [-0.2, 0) is 4.74 Å². The topological polar surface area (TPSA) is 24.5 Å². The lowest BCUT2D eigenvalue weighted by atomic mass is 9.76. The van der Waals surface area contributed by atoms with Gasteiger partial charge in [-0.3, -0.25) is 4.90 Å². The number of hydrogen-bond acceptors (Lipinski definition) is 3. The number of hydrogen-bond donors (Lipinski definition) is 1. The molecule has 0 radical (unpaired) electrons. The van der Waals surface area contributed by atoms with Crippen LogP contribution in [0.3, 0.4) is 0 Å². The summed E-state index contributed by atoms with van der Waals surface area (Å²) in [4.78, 5) is 2.51. The summed E-state index contributed by atoms with van der Waals surface area (Å²) in [7, 11) is 2.26. The van der Waals surface area contributed by atoms with E-state index in [1.165, 1.54) is 12.8 Å². The van der Waals surface area contributed by atoms with Crippen LogP contribution in [0.1, 0.15) is 47.5 Å². The molecule has 1 N–H and O–H groups in total. The van der Waals surface area contributed by atoms with Crippen molar-refractivity contribution in [1.29, 1.82) is 0 Å². The van der Waals surface area contributed by atoms with Crippen LogP contribution in [0.4, 0.5) is 0 Å². The molecule has 19 heavy (non-hydrogen) atoms. The van der Waals surface area contributed by atoms with Gasteiger partial charge in [0.15, 0.2) is 0 Å². The highest BCUT2D eigenvalue weighted by Crippen LogP contribution is 2.31. The molecule has 4 unspecified atom stereocenters. The van der Waals surface area contributed by atoms with Crippen molar-refractivity contribution in [3.63, 3.8) is 0 Å². The van der Waals surface area contributed by atoms with Gasteiger partial charge < -0.3 is 10.1 Å². The van der Waals surface area contributed by atoms with Gasteiger partial charge in [0, 0.05) is 18.6 Å². The third-order valence-electron chi connectivity index (χ3n) is 4.30. The smallest absolute Gasteiger partial charge is 0.0596 e. The van der Waals surface area contributed by atoms with E-state index >= 15 is 0 Å². The third kappa shape index (κ3) is 5.41. The van der Waals surface area contributed by atoms with Crippen molar-refractivity contribution < 1.29 is 4.74 Å². The molecule has 114 valence electrons. The lowest BCUT2D eigenvalue weighted by molar-refractivity contribution is 0.0282. The number of ether oxygens (including phenoxy) is 1. The second-order valence-electron chi connectivity index (χ2n) is 6.61. The van der Waals surface area contributed by atoms with Gasteiger partial charge in [0.05, 0.1) is 12.7 Å². The molecule has 3 heteroatoms. The first-order valence-electron chi connectivity index (χ1n) is 8.00. The first-order chi connectivity index (χ1) is 8.95. The summed E-state index contributed by atoms with van der Waals surface area (Å²) < 4.78 is 5.69. The van der Waals surface area contributed by atoms with E-state index in [2.05, 4.69) is 51.9 Å². The van der Waals surface area contributed by atoms with Crippen LogP contribution in [0.15, 0.2) is 0 Å². The van der Waals surface area contributed by atoms with Crippen LogP contribution in [0.25, 0.3) is 0 Å². The van der Waals surface area contributed by atoms with Gasteiger partial charge in [0.1, 0.15) is 0 Å². The molecule has 0 aromatic rings. The van der Waals surface area contributed by atoms with Crippen molar-refractivity contribution >= 4 is 0 Å². The largest absolute Gasteiger partial charge is 0.377 e. The fraction of sp³-hybridized carbons (Fsp3) is 1.00. The zero-order chi connectivity index (χ0) is 14.4. The number of nitrogens with zero attached hydrogens (tertiary/aromatic N) is 1. The molecule has 1 rings (SSSR count). The second kappa shape index (κ2) is 8.23. The Morgan fingerprint density at radius 2 is 1.95 bits per heavy atom. The van der Waals surface area contributed by atoms with Crippen molar-refractivity contribution in [3.8, 4) is 0 Å². The predicted molar refractivity (Wildman–Crippen MR) is 82.5 cm³/mol. The van der Waals surface area contributed by atoms with E-state index in [0.29, 0.717) is 18.2 Å². The van der Waals surface area contributed by atoms with Crippen molar-refractivity contribution in [1.82, 2.24) is 10.2 Å². The molecule has 0 spiro atoms. The minimum atomic E-state index is 0.335. The molecule has 3 nitrogen and oxygen atoms in total. The van der Waals surface area contributed by atoms with E-state index in [-0.39, 0.29) is 0 Å². The molecule has 1 fully saturated rings. The van der Waals surface area contributed by atoms with Gasteiger partial charge in [-0.25, -0.2) is 0 Å². The van der Waals surface area contributed by atoms with Gasteiger partial charge in [-0.15, -0.1) is 0 Å². The highest BCUT2D eigenvalue weighted by atomic mass is 16.5. The number of nitrogens with one attached hydrogen (secondary N) is 1. The standard InChI is InChI=1S/C16H34N2O/c1-7-17-15-11-13(4)10-14(5)16(15)18(6)8-9-19-12(2)3/h12-17H,7-11H2,1-6H3. The van der Waals surface area contributed by atoms with Crippen LogP contribution >= 0.6 is 0 Å². The van der Waals surface area contributed by atoms with Crippen molar-refractivity contribution in [2.75, 3.05) is 26.7 Å². The molecule has 0 aromatic heterocycles. The molecule has 0 saturated heterocycles. The summed E-state index contributed by atoms with van der Waals surface area (Å²) in [5, 5.41) is 3.69. The normalized spacial score (nSPS) is 32.2. The van der Waals surface area contributed by atoms with E-state index in [9.17, 15) is 0 Å². The summed E-state index contributed by atoms with van der Waals surface area (Å²) >= 11 is 0. The monoisotopic (exact) mass is 270 g/mol. The molecule has 0 amide bonds. The maximum absolute atomic E-state index is 5.69. The molecule has 4 atom stereocenters. The van der Waals surface area contributed by atoms with Gasteiger partial charge in [0.25, 0.3) is 0 Å². The predicted octanol–water partition coefficient (Wildman–Crippen LogP) is 2.76. The highest BCUT2D eigenvalue weighted by Gasteiger charge is 2.35. The van der Waals surface area contributed by atoms with E-state index in [1.54, 1.807) is 0 Å². The first kappa shape index (κ1) is 16.9. The molecule has 0 aliphatic heterocycles. The van der Waals surface area contributed by atoms with Crippen molar-refractivity contribution in [3.05, 3.63) is 0 Å². The van der Waals surface area contributed by atoms with E-state index < -0.39 is 0 Å². The van der Waals surface area contributed by atoms with Crippen LogP contribution in [-0.4, -0.2) is 49.8 Å². The van der Waals surface area contributed by atoms with Gasteiger partial charge >= 0.3 is 0 Å². The highest BCUT2D eigenvalue weighted by molar-refractivity contribution is 4.93. The maximum Gasteiger partial charge on any atom is 0.0596 e.